The molecule has 1 saturated carbocycles. The van der Waals surface area contributed by atoms with E-state index < -0.39 is 39.6 Å². The molecule has 7 aromatic rings. The van der Waals surface area contributed by atoms with Gasteiger partial charge in [0.15, 0.2) is 0 Å². The van der Waals surface area contributed by atoms with Gasteiger partial charge in [0, 0.05) is 55.4 Å². The highest BCUT2D eigenvalue weighted by Crippen LogP contribution is 2.62. The van der Waals surface area contributed by atoms with Gasteiger partial charge in [-0.05, 0) is 131 Å². The Bertz CT molecular complexity index is 3380. The lowest BCUT2D eigenvalue weighted by molar-refractivity contribution is -0.385. The van der Waals surface area contributed by atoms with E-state index in [1.807, 2.05) is 103 Å². The summed E-state index contributed by atoms with van der Waals surface area (Å²) in [5.74, 6) is -1.20. The van der Waals surface area contributed by atoms with E-state index in [4.69, 9.17) is 28.9 Å². The van der Waals surface area contributed by atoms with E-state index in [1.54, 1.807) is 23.1 Å². The van der Waals surface area contributed by atoms with Crippen molar-refractivity contribution in [2.45, 2.75) is 75.8 Å². The van der Waals surface area contributed by atoms with Crippen LogP contribution in [0, 0.1) is 38.0 Å². The fourth-order valence-electron chi connectivity index (χ4n) is 11.8. The molecule has 0 spiro atoms. The summed E-state index contributed by atoms with van der Waals surface area (Å²) in [6.07, 6.45) is 7.09. The standard InChI is InChI=1S/C64H62N4O12/c1-2-37-76-64-60(66(41-48-18-12-17-46-15-6-7-19-54(46)48)63(71)79-52-31-27-50(28-32-52)68(74)75)40-58(65-77-42-43-21-25-49(26-22-43)67(72)73)56-38-47(16-8-10-35-69)55(20-9-11-36-70)61(62(56)64)57-39-53(33-34-59(57)80-64)78-51-29-23-45(24-30-51)44-13-4-3-5-14-44/h2-7,12-15,17-19,21-34,38-39,47,55,60-62,69-70H,1,8-11,16,20,35-37,40-42H2/t47-,55+,60-,61+,62+,64+/m0/s1. The largest absolute Gasteiger partial charge is 0.459 e. The lowest BCUT2D eigenvalue weighted by Crippen LogP contribution is -2.70. The number of non-ortho nitro benzene ring substituents is 2. The Labute approximate surface area is 463 Å². The van der Waals surface area contributed by atoms with Crippen molar-refractivity contribution < 1.29 is 48.6 Å². The normalized spacial score (nSPS) is 20.4. The molecular weight excluding hydrogens is 1020 g/mol. The summed E-state index contributed by atoms with van der Waals surface area (Å²) in [5, 5.41) is 50.4. The molecule has 16 heteroatoms. The molecule has 6 atom stereocenters. The van der Waals surface area contributed by atoms with Crippen LogP contribution in [0.2, 0.25) is 0 Å². The number of fused-ring (bicyclic) bond motifs is 3. The second-order valence-corrected chi connectivity index (χ2v) is 20.3. The Balaban J connectivity index is 1.16. The minimum absolute atomic E-state index is 0.000238. The van der Waals surface area contributed by atoms with Crippen molar-refractivity contribution in [1.82, 2.24) is 4.90 Å². The number of amides is 1. The average molecular weight is 1080 g/mol. The van der Waals surface area contributed by atoms with Crippen LogP contribution in [-0.4, -0.2) is 68.4 Å². The highest BCUT2D eigenvalue weighted by Gasteiger charge is 2.66. The van der Waals surface area contributed by atoms with Crippen molar-refractivity contribution in [3.05, 3.63) is 225 Å². The van der Waals surface area contributed by atoms with Gasteiger partial charge in [0.2, 0.25) is 5.79 Å². The summed E-state index contributed by atoms with van der Waals surface area (Å²) in [4.78, 5) is 45.7. The lowest BCUT2D eigenvalue weighted by Gasteiger charge is -2.59. The number of benzene rings is 7. The van der Waals surface area contributed by atoms with E-state index in [-0.39, 0.29) is 68.4 Å². The van der Waals surface area contributed by atoms with Crippen LogP contribution in [0.5, 0.6) is 23.0 Å². The van der Waals surface area contributed by atoms with E-state index in [0.717, 1.165) is 45.0 Å². The summed E-state index contributed by atoms with van der Waals surface area (Å²) in [7, 11) is 0. The number of ether oxygens (including phenoxy) is 4. The molecule has 0 saturated heterocycles. The molecule has 1 fully saturated rings. The quantitative estimate of drug-likeness (QED) is 0.0266. The molecule has 10 rings (SSSR count). The topological polar surface area (TPSA) is 206 Å². The number of rotatable bonds is 23. The Morgan fingerprint density at radius 1 is 0.750 bits per heavy atom. The SMILES string of the molecule is C=CCO[C@@]12Oc3ccc(Oc4ccc(-c5ccccc5)cc4)cc3[C@H]3[C@H](CCCCO)[C@@H](CCCCO)C=C(C(=NOCc4ccc([N+](=O)[O-])cc4)C[C@@H]1N(Cc1cccc4ccccc14)C(=O)Oc1ccc([N+](=O)[O-])cc1)[C@H]32. The Kier molecular flexibility index (Phi) is 17.1. The van der Waals surface area contributed by atoms with Gasteiger partial charge in [0.25, 0.3) is 11.4 Å². The fraction of sp³-hybridized carbons (Fsp3) is 0.281. The Morgan fingerprint density at radius 3 is 2.11 bits per heavy atom. The van der Waals surface area contributed by atoms with Gasteiger partial charge in [-0.25, -0.2) is 4.79 Å². The van der Waals surface area contributed by atoms with Crippen LogP contribution in [-0.2, 0) is 22.7 Å². The van der Waals surface area contributed by atoms with Gasteiger partial charge in [-0.1, -0.05) is 115 Å². The third-order valence-corrected chi connectivity index (χ3v) is 15.5. The minimum Gasteiger partial charge on any atom is -0.459 e. The number of nitro benzene ring substituents is 2. The Morgan fingerprint density at radius 2 is 1.40 bits per heavy atom. The molecule has 0 unspecified atom stereocenters. The first-order valence-corrected chi connectivity index (χ1v) is 27.0. The number of aliphatic hydroxyl groups is 2. The van der Waals surface area contributed by atoms with Crippen molar-refractivity contribution >= 4 is 34.0 Å². The molecule has 16 nitrogen and oxygen atoms in total. The van der Waals surface area contributed by atoms with Gasteiger partial charge in [0.05, 0.1) is 34.6 Å². The number of nitro groups is 2. The zero-order valence-corrected chi connectivity index (χ0v) is 44.1. The number of nitrogens with zero attached hydrogens (tertiary/aromatic N) is 4. The first-order valence-electron chi connectivity index (χ1n) is 27.0. The highest BCUT2D eigenvalue weighted by atomic mass is 16.7. The number of aliphatic hydroxyl groups excluding tert-OH is 2. The van der Waals surface area contributed by atoms with E-state index in [1.165, 1.54) is 36.4 Å². The predicted molar refractivity (Wildman–Crippen MR) is 303 cm³/mol. The van der Waals surface area contributed by atoms with Crippen LogP contribution in [0.1, 0.15) is 67.6 Å². The van der Waals surface area contributed by atoms with E-state index in [9.17, 15) is 30.4 Å². The van der Waals surface area contributed by atoms with Crippen molar-refractivity contribution in [3.63, 3.8) is 0 Å². The molecule has 1 heterocycles. The molecule has 410 valence electrons. The van der Waals surface area contributed by atoms with Gasteiger partial charge in [-0.2, -0.15) is 0 Å². The maximum absolute atomic E-state index is 15.5. The van der Waals surface area contributed by atoms with Crippen molar-refractivity contribution in [3.8, 4) is 34.1 Å². The number of allylic oxidation sites excluding steroid dienone is 1. The van der Waals surface area contributed by atoms with Crippen LogP contribution >= 0.6 is 0 Å². The second-order valence-electron chi connectivity index (χ2n) is 20.3. The maximum Gasteiger partial charge on any atom is 0.416 e. The van der Waals surface area contributed by atoms with Gasteiger partial charge in [0.1, 0.15) is 35.6 Å². The van der Waals surface area contributed by atoms with Crippen LogP contribution in [0.3, 0.4) is 0 Å². The minimum atomic E-state index is -1.69. The zero-order valence-electron chi connectivity index (χ0n) is 44.1. The van der Waals surface area contributed by atoms with Crippen molar-refractivity contribution in [2.75, 3.05) is 19.8 Å². The number of carbonyl (C=O) groups excluding carboxylic acids is 1. The molecule has 0 bridgehead atoms. The number of carbonyl (C=O) groups is 1. The number of oxime groups is 1. The summed E-state index contributed by atoms with van der Waals surface area (Å²) in [6.45, 7) is 4.07. The van der Waals surface area contributed by atoms with Gasteiger partial charge >= 0.3 is 6.09 Å². The molecule has 2 N–H and O–H groups in total. The predicted octanol–water partition coefficient (Wildman–Crippen LogP) is 13.7. The van der Waals surface area contributed by atoms with E-state index in [2.05, 4.69) is 24.8 Å². The zero-order chi connectivity index (χ0) is 55.6. The molecule has 2 aliphatic carbocycles. The van der Waals surface area contributed by atoms with Crippen LogP contribution in [0.25, 0.3) is 21.9 Å². The molecule has 7 aromatic carbocycles. The van der Waals surface area contributed by atoms with Crippen LogP contribution in [0.15, 0.2) is 193 Å². The lowest BCUT2D eigenvalue weighted by atomic mass is 9.55. The number of unbranched alkanes of at least 4 members (excludes halogenated alkanes) is 2. The molecule has 1 amide bonds. The molecule has 3 aliphatic rings. The van der Waals surface area contributed by atoms with Crippen LogP contribution < -0.4 is 14.2 Å². The summed E-state index contributed by atoms with van der Waals surface area (Å²) < 4.78 is 27.7. The van der Waals surface area contributed by atoms with Gasteiger partial charge in [-0.3, -0.25) is 25.1 Å². The van der Waals surface area contributed by atoms with E-state index >= 15 is 4.79 Å². The summed E-state index contributed by atoms with van der Waals surface area (Å²) >= 11 is 0. The smallest absolute Gasteiger partial charge is 0.416 e. The third kappa shape index (κ3) is 11.8. The van der Waals surface area contributed by atoms with Gasteiger partial charge < -0.3 is 34.0 Å². The molecule has 0 radical (unpaired) electrons. The van der Waals surface area contributed by atoms with Crippen LogP contribution in [0.4, 0.5) is 16.2 Å². The monoisotopic (exact) mass is 1080 g/mol. The molecular formula is C64H62N4O12. The third-order valence-electron chi connectivity index (χ3n) is 15.5. The number of hydrogen-bond acceptors (Lipinski definition) is 13. The Hall–Kier alpha value is -8.70. The van der Waals surface area contributed by atoms with Crippen molar-refractivity contribution in [2.24, 2.45) is 22.9 Å². The molecule has 1 aliphatic heterocycles. The second kappa shape index (κ2) is 25.0. The highest BCUT2D eigenvalue weighted by molar-refractivity contribution is 6.03. The molecule has 80 heavy (non-hydrogen) atoms. The van der Waals surface area contributed by atoms with E-state index in [0.29, 0.717) is 60.6 Å². The van der Waals surface area contributed by atoms with Crippen molar-refractivity contribution in [1.29, 1.82) is 0 Å². The maximum atomic E-state index is 15.5. The summed E-state index contributed by atoms with van der Waals surface area (Å²) in [6, 6.07) is 47.9. The fourth-order valence-corrected chi connectivity index (χ4v) is 11.8. The first kappa shape index (κ1) is 54.6. The first-order chi connectivity index (χ1) is 39.1. The molecule has 0 aromatic heterocycles. The average Bonchev–Trinajstić information content (AvgIpc) is 1.68. The number of hydrogen-bond donors (Lipinski definition) is 2. The van der Waals surface area contributed by atoms with Gasteiger partial charge in [-0.15, -0.1) is 6.58 Å². The summed E-state index contributed by atoms with van der Waals surface area (Å²) in [5.41, 5.74) is 5.45.